The Labute approximate surface area is 143 Å². The average Bonchev–Trinajstić information content (AvgIpc) is 2.55. The minimum Gasteiger partial charge on any atom is -0.303 e. The highest BCUT2D eigenvalue weighted by atomic mass is 15.1. The van der Waals surface area contributed by atoms with Gasteiger partial charge in [0.1, 0.15) is 0 Å². The van der Waals surface area contributed by atoms with E-state index in [-0.39, 0.29) is 0 Å². The molecule has 1 fully saturated rings. The number of piperidine rings is 1. The van der Waals surface area contributed by atoms with Gasteiger partial charge in [-0.05, 0) is 94.8 Å². The number of allylic oxidation sites excluding steroid dienone is 2. The van der Waals surface area contributed by atoms with Crippen LogP contribution in [0.2, 0.25) is 0 Å². The van der Waals surface area contributed by atoms with Gasteiger partial charge in [-0.3, -0.25) is 0 Å². The van der Waals surface area contributed by atoms with Crippen molar-refractivity contribution >= 4 is 6.08 Å². The van der Waals surface area contributed by atoms with Gasteiger partial charge in [0.05, 0.1) is 0 Å². The maximum Gasteiger partial charge on any atom is -0.00186 e. The highest BCUT2D eigenvalue weighted by Gasteiger charge is 2.10. The number of rotatable bonds is 7. The molecule has 0 atom stereocenters. The van der Waals surface area contributed by atoms with Gasteiger partial charge >= 0.3 is 0 Å². The van der Waals surface area contributed by atoms with Gasteiger partial charge in [-0.1, -0.05) is 42.9 Å². The Kier molecular flexibility index (Phi) is 7.11. The molecule has 1 aliphatic rings. The van der Waals surface area contributed by atoms with E-state index in [1.807, 2.05) is 0 Å². The predicted octanol–water partition coefficient (Wildman–Crippen LogP) is 5.70. The van der Waals surface area contributed by atoms with Crippen LogP contribution in [-0.2, 0) is 6.42 Å². The normalized spacial score (nSPS) is 16.1. The van der Waals surface area contributed by atoms with Crippen LogP contribution < -0.4 is 0 Å². The molecule has 1 saturated heterocycles. The lowest BCUT2D eigenvalue weighted by Gasteiger charge is -2.26. The third kappa shape index (κ3) is 5.66. The first-order valence-corrected chi connectivity index (χ1v) is 9.23. The minimum atomic E-state index is 1.11. The molecule has 1 heterocycles. The number of hydrogen-bond donors (Lipinski definition) is 0. The van der Waals surface area contributed by atoms with Crippen LogP contribution in [0.4, 0.5) is 0 Å². The monoisotopic (exact) mass is 311 g/mol. The summed E-state index contributed by atoms with van der Waals surface area (Å²) in [6.07, 6.45) is 12.4. The molecule has 0 bridgehead atoms. The van der Waals surface area contributed by atoms with E-state index in [9.17, 15) is 0 Å². The maximum atomic E-state index is 3.99. The lowest BCUT2D eigenvalue weighted by molar-refractivity contribution is 0.225. The molecule has 2 rings (SSSR count). The van der Waals surface area contributed by atoms with E-state index in [0.717, 1.165) is 5.57 Å². The Morgan fingerprint density at radius 2 is 1.87 bits per heavy atom. The van der Waals surface area contributed by atoms with E-state index in [4.69, 9.17) is 0 Å². The zero-order valence-electron chi connectivity index (χ0n) is 15.3. The summed E-state index contributed by atoms with van der Waals surface area (Å²) in [7, 11) is 0. The van der Waals surface area contributed by atoms with Crippen molar-refractivity contribution in [2.75, 3.05) is 19.6 Å². The van der Waals surface area contributed by atoms with Crippen molar-refractivity contribution < 1.29 is 0 Å². The van der Waals surface area contributed by atoms with Crippen molar-refractivity contribution in [2.45, 2.75) is 59.3 Å². The van der Waals surface area contributed by atoms with E-state index >= 15 is 0 Å². The fourth-order valence-electron chi connectivity index (χ4n) is 3.40. The molecule has 0 saturated carbocycles. The second-order valence-corrected chi connectivity index (χ2v) is 7.12. The standard InChI is InChI=1S/C22H33N/c1-18(2)11-14-22-20(4)19(3)12-13-21(22)10-6-9-17-23-15-7-5-8-16-23/h11-14H,1,5-10,15-17H2,2-4H3/b14-11-. The molecule has 0 N–H and O–H groups in total. The second kappa shape index (κ2) is 9.08. The molecule has 1 nitrogen and oxygen atoms in total. The zero-order valence-corrected chi connectivity index (χ0v) is 15.3. The van der Waals surface area contributed by atoms with Gasteiger partial charge in [0.2, 0.25) is 0 Å². The topological polar surface area (TPSA) is 3.24 Å². The molecular weight excluding hydrogens is 278 g/mol. The molecule has 1 heteroatoms. The molecule has 0 aromatic heterocycles. The van der Waals surface area contributed by atoms with Crippen LogP contribution in [-0.4, -0.2) is 24.5 Å². The molecule has 0 amide bonds. The summed E-state index contributed by atoms with van der Waals surface area (Å²) in [4.78, 5) is 2.64. The summed E-state index contributed by atoms with van der Waals surface area (Å²) in [5.74, 6) is 0. The second-order valence-electron chi connectivity index (χ2n) is 7.12. The van der Waals surface area contributed by atoms with Crippen LogP contribution in [0.25, 0.3) is 6.08 Å². The van der Waals surface area contributed by atoms with E-state index in [0.29, 0.717) is 0 Å². The van der Waals surface area contributed by atoms with E-state index < -0.39 is 0 Å². The van der Waals surface area contributed by atoms with Gasteiger partial charge in [0.15, 0.2) is 0 Å². The first-order valence-electron chi connectivity index (χ1n) is 9.23. The molecular formula is C22H33N. The summed E-state index contributed by atoms with van der Waals surface area (Å²) in [6.45, 7) is 14.4. The number of hydrogen-bond acceptors (Lipinski definition) is 1. The Bertz CT molecular complexity index is 547. The van der Waals surface area contributed by atoms with Gasteiger partial charge in [0, 0.05) is 0 Å². The third-order valence-corrected chi connectivity index (χ3v) is 5.03. The smallest absolute Gasteiger partial charge is 0.00186 e. The van der Waals surface area contributed by atoms with E-state index in [1.165, 1.54) is 80.4 Å². The largest absolute Gasteiger partial charge is 0.303 e. The van der Waals surface area contributed by atoms with Gasteiger partial charge in [-0.25, -0.2) is 0 Å². The first kappa shape index (κ1) is 18.0. The highest BCUT2D eigenvalue weighted by Crippen LogP contribution is 2.22. The molecule has 1 aromatic carbocycles. The summed E-state index contributed by atoms with van der Waals surface area (Å²) in [6, 6.07) is 4.59. The molecule has 1 aliphatic heterocycles. The summed E-state index contributed by atoms with van der Waals surface area (Å²) in [5, 5.41) is 0. The van der Waals surface area contributed by atoms with E-state index in [2.05, 4.69) is 56.5 Å². The van der Waals surface area contributed by atoms with Crippen LogP contribution in [0.15, 0.2) is 30.4 Å². The minimum absolute atomic E-state index is 1.11. The van der Waals surface area contributed by atoms with Crippen LogP contribution in [0.5, 0.6) is 0 Å². The lowest BCUT2D eigenvalue weighted by Crippen LogP contribution is -2.30. The Morgan fingerprint density at radius 1 is 1.13 bits per heavy atom. The van der Waals surface area contributed by atoms with Crippen molar-refractivity contribution in [2.24, 2.45) is 0 Å². The van der Waals surface area contributed by atoms with Crippen LogP contribution in [0.3, 0.4) is 0 Å². The van der Waals surface area contributed by atoms with Gasteiger partial charge in [0.25, 0.3) is 0 Å². The number of benzene rings is 1. The molecule has 126 valence electrons. The van der Waals surface area contributed by atoms with Crippen LogP contribution >= 0.6 is 0 Å². The van der Waals surface area contributed by atoms with Crippen molar-refractivity contribution in [3.63, 3.8) is 0 Å². The number of nitrogens with zero attached hydrogens (tertiary/aromatic N) is 1. The van der Waals surface area contributed by atoms with E-state index in [1.54, 1.807) is 0 Å². The van der Waals surface area contributed by atoms with Crippen molar-refractivity contribution in [3.8, 4) is 0 Å². The molecule has 0 unspecified atom stereocenters. The Hall–Kier alpha value is -1.34. The quantitative estimate of drug-likeness (QED) is 0.461. The number of likely N-dealkylation sites (tertiary alicyclic amines) is 1. The first-order chi connectivity index (χ1) is 11.1. The summed E-state index contributed by atoms with van der Waals surface area (Å²) >= 11 is 0. The third-order valence-electron chi connectivity index (χ3n) is 5.03. The molecule has 0 radical (unpaired) electrons. The van der Waals surface area contributed by atoms with Crippen molar-refractivity contribution in [1.29, 1.82) is 0 Å². The Balaban J connectivity index is 1.93. The SMILES string of the molecule is C=C(C)/C=C\c1c(CCCCN2CCCCC2)ccc(C)c1C. The molecule has 0 spiro atoms. The van der Waals surface area contributed by atoms with Gasteiger partial charge in [-0.15, -0.1) is 0 Å². The zero-order chi connectivity index (χ0) is 16.7. The van der Waals surface area contributed by atoms with Gasteiger partial charge in [-0.2, -0.15) is 0 Å². The maximum absolute atomic E-state index is 3.99. The average molecular weight is 312 g/mol. The number of unbranched alkanes of at least 4 members (excludes halogenated alkanes) is 1. The Morgan fingerprint density at radius 3 is 2.57 bits per heavy atom. The highest BCUT2D eigenvalue weighted by molar-refractivity contribution is 5.61. The number of aryl methyl sites for hydroxylation is 2. The fraction of sp³-hybridized carbons (Fsp3) is 0.545. The van der Waals surface area contributed by atoms with Crippen molar-refractivity contribution in [1.82, 2.24) is 4.90 Å². The van der Waals surface area contributed by atoms with Crippen molar-refractivity contribution in [3.05, 3.63) is 52.6 Å². The molecule has 23 heavy (non-hydrogen) atoms. The lowest BCUT2D eigenvalue weighted by atomic mass is 9.93. The molecule has 0 aliphatic carbocycles. The van der Waals surface area contributed by atoms with Crippen LogP contribution in [0.1, 0.15) is 61.3 Å². The van der Waals surface area contributed by atoms with Gasteiger partial charge < -0.3 is 4.90 Å². The van der Waals surface area contributed by atoms with Crippen LogP contribution in [0, 0.1) is 13.8 Å². The predicted molar refractivity (Wildman–Crippen MR) is 103 cm³/mol. The summed E-state index contributed by atoms with van der Waals surface area (Å²) in [5.41, 5.74) is 6.80. The summed E-state index contributed by atoms with van der Waals surface area (Å²) < 4.78 is 0. The molecule has 1 aromatic rings. The fourth-order valence-corrected chi connectivity index (χ4v) is 3.40.